The van der Waals surface area contributed by atoms with E-state index in [1.54, 1.807) is 19.1 Å². The van der Waals surface area contributed by atoms with Crippen molar-refractivity contribution in [3.63, 3.8) is 0 Å². The van der Waals surface area contributed by atoms with Crippen molar-refractivity contribution >= 4 is 11.6 Å². The van der Waals surface area contributed by atoms with Gasteiger partial charge in [-0.15, -0.1) is 0 Å². The van der Waals surface area contributed by atoms with Crippen LogP contribution < -0.4 is 0 Å². The monoisotopic (exact) mass is 340 g/mol. The molecule has 5 heteroatoms. The number of likely N-dealkylation sites (N-methyl/N-ethyl adjacent to an activating group) is 1. The van der Waals surface area contributed by atoms with Crippen molar-refractivity contribution < 1.29 is 9.50 Å². The minimum Gasteiger partial charge on any atom is -0.392 e. The second-order valence-electron chi connectivity index (χ2n) is 7.49. The lowest BCUT2D eigenvalue weighted by Gasteiger charge is -2.48. The van der Waals surface area contributed by atoms with Gasteiger partial charge in [-0.2, -0.15) is 0 Å². The summed E-state index contributed by atoms with van der Waals surface area (Å²) in [5, 5.41) is 10.6. The maximum Gasteiger partial charge on any atom is 0.132 e. The number of nitrogens with zero attached hydrogens (tertiary/aromatic N) is 2. The van der Waals surface area contributed by atoms with Crippen molar-refractivity contribution in [3.8, 4) is 0 Å². The first-order valence-corrected chi connectivity index (χ1v) is 8.79. The van der Waals surface area contributed by atoms with Gasteiger partial charge in [0.1, 0.15) is 5.82 Å². The Morgan fingerprint density at radius 2 is 2.04 bits per heavy atom. The molecule has 23 heavy (non-hydrogen) atoms. The Morgan fingerprint density at radius 3 is 2.70 bits per heavy atom. The molecule has 0 bridgehead atoms. The molecule has 3 rings (SSSR count). The summed E-state index contributed by atoms with van der Waals surface area (Å²) in [5.41, 5.74) is 1.48. The van der Waals surface area contributed by atoms with Crippen LogP contribution in [-0.2, 0) is 6.54 Å². The average molecular weight is 341 g/mol. The van der Waals surface area contributed by atoms with Gasteiger partial charge in [-0.25, -0.2) is 4.39 Å². The average Bonchev–Trinajstić information content (AvgIpc) is 2.48. The Labute approximate surface area is 143 Å². The van der Waals surface area contributed by atoms with Gasteiger partial charge < -0.3 is 10.0 Å². The second-order valence-corrected chi connectivity index (χ2v) is 7.89. The number of aliphatic hydroxyl groups excluding tert-OH is 1. The molecule has 0 saturated carbocycles. The Kier molecular flexibility index (Phi) is 4.98. The molecule has 1 atom stereocenters. The fraction of sp³-hybridized carbons (Fsp3) is 0.667. The first-order chi connectivity index (χ1) is 10.9. The summed E-state index contributed by atoms with van der Waals surface area (Å²) in [6.45, 7) is 6.04. The molecular formula is C18H26ClFN2O. The van der Waals surface area contributed by atoms with Gasteiger partial charge in [0, 0.05) is 30.2 Å². The fourth-order valence-corrected chi connectivity index (χ4v) is 4.46. The van der Waals surface area contributed by atoms with Gasteiger partial charge in [-0.3, -0.25) is 4.90 Å². The van der Waals surface area contributed by atoms with E-state index in [4.69, 9.17) is 11.6 Å². The SMILES string of the molecule is Cc1ccc(Cl)c(CN2CCC3(CC2)CC(O)CN(C)C3)c1F. The van der Waals surface area contributed by atoms with E-state index >= 15 is 0 Å². The molecule has 0 radical (unpaired) electrons. The number of hydrogen-bond donors (Lipinski definition) is 1. The number of halogens is 2. The molecule has 2 fully saturated rings. The van der Waals surface area contributed by atoms with Crippen LogP contribution in [0.5, 0.6) is 0 Å². The number of aryl methyl sites for hydroxylation is 1. The van der Waals surface area contributed by atoms with E-state index < -0.39 is 0 Å². The van der Waals surface area contributed by atoms with E-state index in [1.807, 2.05) is 0 Å². The van der Waals surface area contributed by atoms with Gasteiger partial charge in [0.15, 0.2) is 0 Å². The lowest BCUT2D eigenvalue weighted by molar-refractivity contribution is -0.0332. The highest BCUT2D eigenvalue weighted by molar-refractivity contribution is 6.31. The standard InChI is InChI=1S/C18H26ClFN2O/c1-13-3-4-16(19)15(17(13)20)11-22-7-5-18(6-8-22)9-14(23)10-21(2)12-18/h3-4,14,23H,5-12H2,1-2H3. The maximum absolute atomic E-state index is 14.3. The molecule has 0 aromatic heterocycles. The zero-order valence-electron chi connectivity index (χ0n) is 14.0. The number of hydrogen-bond acceptors (Lipinski definition) is 3. The molecule has 1 unspecified atom stereocenters. The molecule has 1 aromatic carbocycles. The van der Waals surface area contributed by atoms with E-state index in [2.05, 4.69) is 16.8 Å². The molecule has 2 saturated heterocycles. The number of β-amino-alcohol motifs (C(OH)–C–C–N with tert-alkyl or cyclic N) is 1. The van der Waals surface area contributed by atoms with Crippen LogP contribution in [0, 0.1) is 18.2 Å². The highest BCUT2D eigenvalue weighted by Crippen LogP contribution is 2.40. The van der Waals surface area contributed by atoms with Crippen LogP contribution in [0.3, 0.4) is 0 Å². The van der Waals surface area contributed by atoms with E-state index in [1.165, 1.54) is 0 Å². The Bertz CT molecular complexity index is 560. The highest BCUT2D eigenvalue weighted by Gasteiger charge is 2.40. The molecule has 2 aliphatic rings. The number of piperidine rings is 2. The third-order valence-corrected chi connectivity index (χ3v) is 5.83. The summed E-state index contributed by atoms with van der Waals surface area (Å²) < 4.78 is 14.3. The summed E-state index contributed by atoms with van der Waals surface area (Å²) in [5.74, 6) is -0.175. The number of rotatable bonds is 2. The Hall–Kier alpha value is -0.680. The molecule has 0 aliphatic carbocycles. The van der Waals surface area contributed by atoms with Crippen molar-refractivity contribution in [1.82, 2.24) is 9.80 Å². The quantitative estimate of drug-likeness (QED) is 0.896. The molecule has 2 aliphatic heterocycles. The van der Waals surface area contributed by atoms with Crippen LogP contribution in [0.4, 0.5) is 4.39 Å². The van der Waals surface area contributed by atoms with Gasteiger partial charge in [-0.05, 0) is 63.4 Å². The zero-order chi connectivity index (χ0) is 16.6. The molecular weight excluding hydrogens is 315 g/mol. The summed E-state index contributed by atoms with van der Waals surface area (Å²) >= 11 is 6.19. The van der Waals surface area contributed by atoms with Crippen molar-refractivity contribution in [2.75, 3.05) is 33.2 Å². The fourth-order valence-electron chi connectivity index (χ4n) is 4.26. The molecule has 1 spiro atoms. The molecule has 0 amide bonds. The van der Waals surface area contributed by atoms with Gasteiger partial charge in [0.25, 0.3) is 0 Å². The van der Waals surface area contributed by atoms with Gasteiger partial charge in [0.05, 0.1) is 6.10 Å². The Balaban J connectivity index is 1.65. The van der Waals surface area contributed by atoms with Crippen LogP contribution in [0.1, 0.15) is 30.4 Å². The van der Waals surface area contributed by atoms with Crippen molar-refractivity contribution in [3.05, 3.63) is 34.1 Å². The van der Waals surface area contributed by atoms with E-state index in [-0.39, 0.29) is 17.3 Å². The third kappa shape index (κ3) is 3.71. The maximum atomic E-state index is 14.3. The highest BCUT2D eigenvalue weighted by atomic mass is 35.5. The first kappa shape index (κ1) is 17.2. The zero-order valence-corrected chi connectivity index (χ0v) is 14.7. The van der Waals surface area contributed by atoms with Crippen LogP contribution >= 0.6 is 11.6 Å². The van der Waals surface area contributed by atoms with Gasteiger partial charge in [-0.1, -0.05) is 17.7 Å². The number of benzene rings is 1. The lowest BCUT2D eigenvalue weighted by atomic mass is 9.71. The number of aliphatic hydroxyl groups is 1. The molecule has 3 nitrogen and oxygen atoms in total. The predicted molar refractivity (Wildman–Crippen MR) is 91.2 cm³/mol. The molecule has 1 N–H and O–H groups in total. The van der Waals surface area contributed by atoms with Crippen LogP contribution in [0.2, 0.25) is 5.02 Å². The summed E-state index contributed by atoms with van der Waals surface area (Å²) in [6.07, 6.45) is 2.79. The van der Waals surface area contributed by atoms with Crippen molar-refractivity contribution in [2.45, 2.75) is 38.8 Å². The van der Waals surface area contributed by atoms with Gasteiger partial charge in [0.2, 0.25) is 0 Å². The van der Waals surface area contributed by atoms with E-state index in [9.17, 15) is 9.50 Å². The van der Waals surface area contributed by atoms with Gasteiger partial charge >= 0.3 is 0 Å². The summed E-state index contributed by atoms with van der Waals surface area (Å²) in [4.78, 5) is 4.52. The largest absolute Gasteiger partial charge is 0.392 e. The first-order valence-electron chi connectivity index (χ1n) is 8.41. The van der Waals surface area contributed by atoms with Crippen LogP contribution in [0.25, 0.3) is 0 Å². The van der Waals surface area contributed by atoms with Crippen LogP contribution in [0.15, 0.2) is 12.1 Å². The van der Waals surface area contributed by atoms with E-state index in [0.717, 1.165) is 45.4 Å². The number of likely N-dealkylation sites (tertiary alicyclic amines) is 2. The molecule has 1 aromatic rings. The molecule has 2 heterocycles. The minimum absolute atomic E-state index is 0.175. The minimum atomic E-state index is -0.219. The second kappa shape index (κ2) is 6.67. The Morgan fingerprint density at radius 1 is 1.35 bits per heavy atom. The topological polar surface area (TPSA) is 26.7 Å². The summed E-state index contributed by atoms with van der Waals surface area (Å²) in [7, 11) is 2.08. The smallest absolute Gasteiger partial charge is 0.132 e. The predicted octanol–water partition coefficient (Wildman–Crippen LogP) is 3.07. The molecule has 128 valence electrons. The van der Waals surface area contributed by atoms with Crippen molar-refractivity contribution in [1.29, 1.82) is 0 Å². The normalized spacial score (nSPS) is 25.9. The summed E-state index contributed by atoms with van der Waals surface area (Å²) in [6, 6.07) is 3.51. The third-order valence-electron chi connectivity index (χ3n) is 5.47. The van der Waals surface area contributed by atoms with Crippen molar-refractivity contribution in [2.24, 2.45) is 5.41 Å². The lowest BCUT2D eigenvalue weighted by Crippen LogP contribution is -2.52. The van der Waals surface area contributed by atoms with E-state index in [0.29, 0.717) is 22.7 Å². The van der Waals surface area contributed by atoms with Crippen LogP contribution in [-0.4, -0.2) is 54.2 Å².